The summed E-state index contributed by atoms with van der Waals surface area (Å²) >= 11 is 0. The van der Waals surface area contributed by atoms with Crippen LogP contribution in [0.3, 0.4) is 0 Å². The Balaban J connectivity index is 2.33. The molecule has 2 rings (SSSR count). The van der Waals surface area contributed by atoms with Crippen LogP contribution in [0.4, 0.5) is 4.39 Å². The second-order valence-electron chi connectivity index (χ2n) is 5.06. The van der Waals surface area contributed by atoms with E-state index in [1.807, 2.05) is 0 Å². The Morgan fingerprint density at radius 3 is 2.70 bits per heavy atom. The molecule has 108 valence electrons. The number of halogens is 1. The number of carbonyl (C=O) groups is 2. The third kappa shape index (κ3) is 2.59. The van der Waals surface area contributed by atoms with Crippen LogP contribution in [0.1, 0.15) is 30.1 Å². The number of carbonyl (C=O) groups excluding carboxylic acids is 1. The zero-order valence-electron chi connectivity index (χ0n) is 11.0. The zero-order valence-corrected chi connectivity index (χ0v) is 11.0. The normalized spacial score (nSPS) is 22.6. The molecule has 2 atom stereocenters. The molecule has 1 amide bonds. The van der Waals surface area contributed by atoms with Crippen LogP contribution in [0.2, 0.25) is 0 Å². The Morgan fingerprint density at radius 1 is 1.40 bits per heavy atom. The zero-order chi connectivity index (χ0) is 14.9. The molecule has 1 aliphatic rings. The summed E-state index contributed by atoms with van der Waals surface area (Å²) in [5.74, 6) is -2.93. The van der Waals surface area contributed by atoms with E-state index in [4.69, 9.17) is 0 Å². The molecule has 2 N–H and O–H groups in total. The van der Waals surface area contributed by atoms with Gasteiger partial charge in [0, 0.05) is 12.6 Å². The molecule has 6 heteroatoms. The number of aromatic hydroxyl groups is 1. The summed E-state index contributed by atoms with van der Waals surface area (Å²) in [6.07, 6.45) is 1.44. The van der Waals surface area contributed by atoms with E-state index in [1.165, 1.54) is 11.0 Å². The van der Waals surface area contributed by atoms with Crippen LogP contribution in [0.25, 0.3) is 0 Å². The molecule has 1 saturated heterocycles. The minimum Gasteiger partial charge on any atom is -0.507 e. The fourth-order valence-electron chi connectivity index (χ4n) is 2.63. The summed E-state index contributed by atoms with van der Waals surface area (Å²) in [6, 6.07) is 2.17. The second kappa shape index (κ2) is 5.48. The predicted octanol–water partition coefficient (Wildman–Crippen LogP) is 1.86. The number of hydrogen-bond donors (Lipinski definition) is 2. The van der Waals surface area contributed by atoms with E-state index in [-0.39, 0.29) is 11.5 Å². The van der Waals surface area contributed by atoms with Crippen LogP contribution >= 0.6 is 0 Å². The molecule has 1 heterocycles. The van der Waals surface area contributed by atoms with Crippen LogP contribution < -0.4 is 0 Å². The van der Waals surface area contributed by atoms with Crippen molar-refractivity contribution >= 4 is 11.9 Å². The minimum absolute atomic E-state index is 0.0771. The van der Waals surface area contributed by atoms with Crippen molar-refractivity contribution in [3.8, 4) is 5.75 Å². The van der Waals surface area contributed by atoms with Gasteiger partial charge in [-0.2, -0.15) is 0 Å². The first-order chi connectivity index (χ1) is 9.41. The topological polar surface area (TPSA) is 77.8 Å². The number of carboxylic acid groups (broad SMARTS) is 1. The maximum Gasteiger partial charge on any atom is 0.326 e. The van der Waals surface area contributed by atoms with Gasteiger partial charge in [-0.05, 0) is 30.9 Å². The lowest BCUT2D eigenvalue weighted by Gasteiger charge is -2.37. The predicted molar refractivity (Wildman–Crippen MR) is 68.9 cm³/mol. The molecule has 0 spiro atoms. The number of piperidine rings is 1. The first-order valence-electron chi connectivity index (χ1n) is 6.44. The lowest BCUT2D eigenvalue weighted by molar-refractivity contribution is -0.145. The molecule has 1 aliphatic heterocycles. The van der Waals surface area contributed by atoms with E-state index in [2.05, 4.69) is 0 Å². The Labute approximate surface area is 115 Å². The molecular formula is C14H16FNO4. The van der Waals surface area contributed by atoms with Crippen molar-refractivity contribution in [3.63, 3.8) is 0 Å². The maximum absolute atomic E-state index is 12.9. The van der Waals surface area contributed by atoms with E-state index in [1.54, 1.807) is 6.92 Å². The van der Waals surface area contributed by atoms with Crippen molar-refractivity contribution in [1.82, 2.24) is 4.90 Å². The molecule has 0 aromatic heterocycles. The highest BCUT2D eigenvalue weighted by atomic mass is 19.1. The fraction of sp³-hybridized carbons (Fsp3) is 0.429. The highest BCUT2D eigenvalue weighted by Crippen LogP contribution is 2.27. The van der Waals surface area contributed by atoms with Crippen molar-refractivity contribution in [2.45, 2.75) is 25.8 Å². The standard InChI is InChI=1S/C14H16FNO4/c1-8-3-2-6-16(12(8)14(19)20)13(18)10-5-4-9(15)7-11(10)17/h4-5,7-8,12,17H,2-3,6H2,1H3,(H,19,20). The van der Waals surface area contributed by atoms with E-state index in [0.717, 1.165) is 18.6 Å². The SMILES string of the molecule is CC1CCCN(C(=O)c2ccc(F)cc2O)C1C(=O)O. The van der Waals surface area contributed by atoms with E-state index in [9.17, 15) is 24.2 Å². The minimum atomic E-state index is -1.06. The van der Waals surface area contributed by atoms with Gasteiger partial charge in [0.25, 0.3) is 5.91 Å². The molecule has 0 aliphatic carbocycles. The number of benzene rings is 1. The Bertz CT molecular complexity index is 546. The molecule has 20 heavy (non-hydrogen) atoms. The van der Waals surface area contributed by atoms with Crippen molar-refractivity contribution in [3.05, 3.63) is 29.6 Å². The molecule has 1 fully saturated rings. The van der Waals surface area contributed by atoms with Gasteiger partial charge in [0.2, 0.25) is 0 Å². The largest absolute Gasteiger partial charge is 0.507 e. The van der Waals surface area contributed by atoms with Crippen molar-refractivity contribution in [1.29, 1.82) is 0 Å². The monoisotopic (exact) mass is 281 g/mol. The molecular weight excluding hydrogens is 265 g/mol. The highest BCUT2D eigenvalue weighted by Gasteiger charge is 2.37. The number of phenols is 1. The number of carboxylic acids is 1. The van der Waals surface area contributed by atoms with Gasteiger partial charge < -0.3 is 15.1 Å². The lowest BCUT2D eigenvalue weighted by Crippen LogP contribution is -2.51. The average Bonchev–Trinajstić information content (AvgIpc) is 2.37. The number of aliphatic carboxylic acids is 1. The molecule has 2 unspecified atom stereocenters. The summed E-state index contributed by atoms with van der Waals surface area (Å²) in [5.41, 5.74) is -0.0771. The molecule has 0 saturated carbocycles. The third-order valence-corrected chi connectivity index (χ3v) is 3.64. The van der Waals surface area contributed by atoms with Gasteiger partial charge in [0.1, 0.15) is 17.6 Å². The van der Waals surface area contributed by atoms with E-state index < -0.39 is 29.5 Å². The Hall–Kier alpha value is -2.11. The molecule has 0 radical (unpaired) electrons. The average molecular weight is 281 g/mol. The van der Waals surface area contributed by atoms with Gasteiger partial charge >= 0.3 is 5.97 Å². The summed E-state index contributed by atoms with van der Waals surface area (Å²) < 4.78 is 12.9. The summed E-state index contributed by atoms with van der Waals surface area (Å²) in [5, 5.41) is 18.9. The van der Waals surface area contributed by atoms with E-state index >= 15 is 0 Å². The van der Waals surface area contributed by atoms with Gasteiger partial charge in [-0.15, -0.1) is 0 Å². The summed E-state index contributed by atoms with van der Waals surface area (Å²) in [6.45, 7) is 2.10. The smallest absolute Gasteiger partial charge is 0.326 e. The molecule has 1 aromatic rings. The Kier molecular flexibility index (Phi) is 3.92. The maximum atomic E-state index is 12.9. The number of hydrogen-bond acceptors (Lipinski definition) is 3. The van der Waals surface area contributed by atoms with Crippen molar-refractivity contribution in [2.24, 2.45) is 5.92 Å². The van der Waals surface area contributed by atoms with Crippen molar-refractivity contribution < 1.29 is 24.2 Å². The molecule has 0 bridgehead atoms. The van der Waals surface area contributed by atoms with Crippen LogP contribution in [0.5, 0.6) is 5.75 Å². The summed E-state index contributed by atoms with van der Waals surface area (Å²) in [7, 11) is 0. The number of rotatable bonds is 2. The third-order valence-electron chi connectivity index (χ3n) is 3.64. The number of nitrogens with zero attached hydrogens (tertiary/aromatic N) is 1. The first-order valence-corrected chi connectivity index (χ1v) is 6.44. The van der Waals surface area contributed by atoms with Crippen LogP contribution in [-0.2, 0) is 4.79 Å². The van der Waals surface area contributed by atoms with Gasteiger partial charge in [-0.3, -0.25) is 4.79 Å². The highest BCUT2D eigenvalue weighted by molar-refractivity contribution is 5.99. The van der Waals surface area contributed by atoms with Gasteiger partial charge in [-0.1, -0.05) is 6.92 Å². The fourth-order valence-corrected chi connectivity index (χ4v) is 2.63. The van der Waals surface area contributed by atoms with Crippen LogP contribution in [-0.4, -0.2) is 39.6 Å². The quantitative estimate of drug-likeness (QED) is 0.867. The Morgan fingerprint density at radius 2 is 2.10 bits per heavy atom. The van der Waals surface area contributed by atoms with E-state index in [0.29, 0.717) is 13.0 Å². The van der Waals surface area contributed by atoms with Crippen LogP contribution in [0, 0.1) is 11.7 Å². The second-order valence-corrected chi connectivity index (χ2v) is 5.06. The van der Waals surface area contributed by atoms with Gasteiger partial charge in [-0.25, -0.2) is 9.18 Å². The van der Waals surface area contributed by atoms with Crippen LogP contribution in [0.15, 0.2) is 18.2 Å². The van der Waals surface area contributed by atoms with Gasteiger partial charge in [0.15, 0.2) is 0 Å². The lowest BCUT2D eigenvalue weighted by atomic mass is 9.90. The molecule has 5 nitrogen and oxygen atoms in total. The number of phenolic OH excluding ortho intramolecular Hbond substituents is 1. The number of likely N-dealkylation sites (tertiary alicyclic amines) is 1. The van der Waals surface area contributed by atoms with Crippen molar-refractivity contribution in [2.75, 3.05) is 6.54 Å². The first kappa shape index (κ1) is 14.3. The molecule has 1 aromatic carbocycles. The van der Waals surface area contributed by atoms with Gasteiger partial charge in [0.05, 0.1) is 5.56 Å². The number of amides is 1. The summed E-state index contributed by atoms with van der Waals surface area (Å²) in [4.78, 5) is 24.9.